The molecule has 18 heavy (non-hydrogen) atoms. The summed E-state index contributed by atoms with van der Waals surface area (Å²) in [5.41, 5.74) is 0.926. The van der Waals surface area contributed by atoms with Gasteiger partial charge in [-0.05, 0) is 56.2 Å². The lowest BCUT2D eigenvalue weighted by Crippen LogP contribution is -2.23. The first-order valence-electron chi connectivity index (χ1n) is 7.13. The van der Waals surface area contributed by atoms with Crippen molar-refractivity contribution in [3.8, 4) is 5.75 Å². The maximum absolute atomic E-state index is 9.57. The summed E-state index contributed by atoms with van der Waals surface area (Å²) in [4.78, 5) is 0. The molecule has 0 heterocycles. The summed E-state index contributed by atoms with van der Waals surface area (Å²) < 4.78 is 6.03. The van der Waals surface area contributed by atoms with Crippen molar-refractivity contribution >= 4 is 0 Å². The van der Waals surface area contributed by atoms with E-state index < -0.39 is 6.10 Å². The highest BCUT2D eigenvalue weighted by molar-refractivity contribution is 5.29. The molecule has 0 aromatic heterocycles. The van der Waals surface area contributed by atoms with E-state index in [1.807, 2.05) is 24.3 Å². The Kier molecular flexibility index (Phi) is 4.65. The molecule has 2 heteroatoms. The lowest BCUT2D eigenvalue weighted by atomic mass is 9.86. The van der Waals surface area contributed by atoms with Crippen molar-refractivity contribution in [2.75, 3.05) is 0 Å². The van der Waals surface area contributed by atoms with Gasteiger partial charge in [0, 0.05) is 0 Å². The van der Waals surface area contributed by atoms with Gasteiger partial charge in [-0.15, -0.1) is 0 Å². The monoisotopic (exact) mass is 248 g/mol. The van der Waals surface area contributed by atoms with Gasteiger partial charge < -0.3 is 9.84 Å². The van der Waals surface area contributed by atoms with Gasteiger partial charge in [0.2, 0.25) is 0 Å². The zero-order chi connectivity index (χ0) is 13.0. The van der Waals surface area contributed by atoms with Crippen molar-refractivity contribution in [3.05, 3.63) is 29.8 Å². The van der Waals surface area contributed by atoms with Crippen LogP contribution in [0, 0.1) is 5.92 Å². The molecule has 100 valence electrons. The minimum Gasteiger partial charge on any atom is -0.490 e. The molecule has 0 radical (unpaired) electrons. The zero-order valence-electron chi connectivity index (χ0n) is 11.4. The molecule has 2 nitrogen and oxygen atoms in total. The molecule has 1 saturated carbocycles. The highest BCUT2D eigenvalue weighted by Crippen LogP contribution is 2.30. The van der Waals surface area contributed by atoms with Crippen molar-refractivity contribution in [1.82, 2.24) is 0 Å². The van der Waals surface area contributed by atoms with E-state index in [-0.39, 0.29) is 0 Å². The van der Waals surface area contributed by atoms with Crippen molar-refractivity contribution in [2.24, 2.45) is 5.92 Å². The van der Waals surface area contributed by atoms with Crippen LogP contribution in [0.15, 0.2) is 24.3 Å². The number of benzene rings is 1. The van der Waals surface area contributed by atoms with Gasteiger partial charge >= 0.3 is 0 Å². The minimum absolute atomic E-state index is 0.358. The van der Waals surface area contributed by atoms with Crippen LogP contribution in [0.3, 0.4) is 0 Å². The van der Waals surface area contributed by atoms with Gasteiger partial charge in [-0.1, -0.05) is 25.5 Å². The van der Waals surface area contributed by atoms with Crippen LogP contribution in [0.5, 0.6) is 5.75 Å². The molecule has 1 fully saturated rings. The quantitative estimate of drug-likeness (QED) is 0.869. The number of aliphatic hydroxyl groups excluding tert-OH is 1. The lowest BCUT2D eigenvalue weighted by Gasteiger charge is -2.28. The fourth-order valence-corrected chi connectivity index (χ4v) is 2.70. The summed E-state index contributed by atoms with van der Waals surface area (Å²) in [6.45, 7) is 4.06. The van der Waals surface area contributed by atoms with Crippen LogP contribution in [-0.4, -0.2) is 11.2 Å². The Morgan fingerprint density at radius 3 is 2.61 bits per heavy atom. The van der Waals surface area contributed by atoms with Crippen LogP contribution >= 0.6 is 0 Å². The van der Waals surface area contributed by atoms with E-state index >= 15 is 0 Å². The smallest absolute Gasteiger partial charge is 0.120 e. The Morgan fingerprint density at radius 1 is 1.28 bits per heavy atom. The first-order chi connectivity index (χ1) is 8.69. The summed E-state index contributed by atoms with van der Waals surface area (Å²) in [5.74, 6) is 1.79. The highest BCUT2D eigenvalue weighted by Gasteiger charge is 2.21. The van der Waals surface area contributed by atoms with Crippen LogP contribution in [0.4, 0.5) is 0 Å². The SMILES string of the molecule is CCC1CCC(Oc2cccc(C(C)O)c2)CC1. The third-order valence-corrected chi connectivity index (χ3v) is 4.01. The summed E-state index contributed by atoms with van der Waals surface area (Å²) in [5, 5.41) is 9.57. The normalized spacial score (nSPS) is 25.7. The van der Waals surface area contributed by atoms with Crippen LogP contribution in [-0.2, 0) is 0 Å². The Hall–Kier alpha value is -1.02. The largest absolute Gasteiger partial charge is 0.490 e. The van der Waals surface area contributed by atoms with Gasteiger partial charge in [0.15, 0.2) is 0 Å². The molecule has 1 aliphatic carbocycles. The van der Waals surface area contributed by atoms with Gasteiger partial charge in [-0.25, -0.2) is 0 Å². The third-order valence-electron chi connectivity index (χ3n) is 4.01. The van der Waals surface area contributed by atoms with Gasteiger partial charge in [-0.3, -0.25) is 0 Å². The molecule has 0 spiro atoms. The zero-order valence-corrected chi connectivity index (χ0v) is 11.4. The molecule has 0 bridgehead atoms. The van der Waals surface area contributed by atoms with E-state index in [0.717, 1.165) is 30.1 Å². The van der Waals surface area contributed by atoms with Crippen molar-refractivity contribution in [1.29, 1.82) is 0 Å². The average Bonchev–Trinajstić information content (AvgIpc) is 2.40. The minimum atomic E-state index is -0.427. The lowest BCUT2D eigenvalue weighted by molar-refractivity contribution is 0.129. The molecular formula is C16H24O2. The van der Waals surface area contributed by atoms with Gasteiger partial charge in [0.1, 0.15) is 5.75 Å². The fourth-order valence-electron chi connectivity index (χ4n) is 2.70. The second kappa shape index (κ2) is 6.24. The number of hydrogen-bond acceptors (Lipinski definition) is 2. The number of aliphatic hydroxyl groups is 1. The number of ether oxygens (including phenoxy) is 1. The molecule has 0 aliphatic heterocycles. The van der Waals surface area contributed by atoms with E-state index in [1.54, 1.807) is 6.92 Å². The first-order valence-corrected chi connectivity index (χ1v) is 7.13. The predicted molar refractivity (Wildman–Crippen MR) is 73.7 cm³/mol. The van der Waals surface area contributed by atoms with Crippen LogP contribution in [0.1, 0.15) is 57.6 Å². The molecule has 1 unspecified atom stereocenters. The summed E-state index contributed by atoms with van der Waals surface area (Å²) >= 11 is 0. The van der Waals surface area contributed by atoms with E-state index in [2.05, 4.69) is 6.92 Å². The second-order valence-electron chi connectivity index (χ2n) is 5.42. The van der Waals surface area contributed by atoms with E-state index in [4.69, 9.17) is 4.74 Å². The van der Waals surface area contributed by atoms with Crippen LogP contribution in [0.2, 0.25) is 0 Å². The van der Waals surface area contributed by atoms with Gasteiger partial charge in [0.25, 0.3) is 0 Å². The average molecular weight is 248 g/mol. The molecule has 0 amide bonds. The molecule has 1 N–H and O–H groups in total. The number of rotatable bonds is 4. The van der Waals surface area contributed by atoms with E-state index in [0.29, 0.717) is 6.10 Å². The topological polar surface area (TPSA) is 29.5 Å². The van der Waals surface area contributed by atoms with Crippen molar-refractivity contribution in [3.63, 3.8) is 0 Å². The Bertz CT molecular complexity index is 365. The maximum Gasteiger partial charge on any atom is 0.120 e. The van der Waals surface area contributed by atoms with Crippen molar-refractivity contribution < 1.29 is 9.84 Å². The molecule has 1 aliphatic rings. The predicted octanol–water partition coefficient (Wildman–Crippen LogP) is 4.09. The Morgan fingerprint density at radius 2 is 2.00 bits per heavy atom. The third kappa shape index (κ3) is 3.49. The summed E-state index contributed by atoms with van der Waals surface area (Å²) in [6, 6.07) is 7.83. The van der Waals surface area contributed by atoms with Gasteiger partial charge in [-0.2, -0.15) is 0 Å². The Labute approximate surface area is 110 Å². The first kappa shape index (κ1) is 13.4. The van der Waals surface area contributed by atoms with Gasteiger partial charge in [0.05, 0.1) is 12.2 Å². The van der Waals surface area contributed by atoms with Crippen LogP contribution in [0.25, 0.3) is 0 Å². The maximum atomic E-state index is 9.57. The standard InChI is InChI=1S/C16H24O2/c1-3-13-7-9-15(10-8-13)18-16-6-4-5-14(11-16)12(2)17/h4-6,11-13,15,17H,3,7-10H2,1-2H3. The van der Waals surface area contributed by atoms with E-state index in [9.17, 15) is 5.11 Å². The highest BCUT2D eigenvalue weighted by atomic mass is 16.5. The fraction of sp³-hybridized carbons (Fsp3) is 0.625. The van der Waals surface area contributed by atoms with E-state index in [1.165, 1.54) is 19.3 Å². The number of hydrogen-bond donors (Lipinski definition) is 1. The molecule has 1 atom stereocenters. The summed E-state index contributed by atoms with van der Waals surface area (Å²) in [6.07, 6.45) is 6.13. The molecular weight excluding hydrogens is 224 g/mol. The van der Waals surface area contributed by atoms with Crippen LogP contribution < -0.4 is 4.74 Å². The molecule has 1 aromatic carbocycles. The molecule has 0 saturated heterocycles. The molecule has 1 aromatic rings. The molecule has 2 rings (SSSR count). The van der Waals surface area contributed by atoms with Crippen molar-refractivity contribution in [2.45, 2.75) is 58.2 Å². The Balaban J connectivity index is 1.92. The second-order valence-corrected chi connectivity index (χ2v) is 5.42. The summed E-state index contributed by atoms with van der Waals surface area (Å²) in [7, 11) is 0.